The van der Waals surface area contributed by atoms with Crippen LogP contribution in [-0.4, -0.2) is 66.1 Å². The Morgan fingerprint density at radius 1 is 0.979 bits per heavy atom. The van der Waals surface area contributed by atoms with Crippen molar-refractivity contribution in [1.29, 1.82) is 0 Å². The number of hydrogen-bond donors (Lipinski definition) is 2. The largest absolute Gasteiger partial charge is 0.340 e. The molecule has 2 aliphatic heterocycles. The van der Waals surface area contributed by atoms with Gasteiger partial charge in [0.15, 0.2) is 0 Å². The molecule has 2 fully saturated rings. The summed E-state index contributed by atoms with van der Waals surface area (Å²) in [5.41, 5.74) is 5.57. The molecule has 4 unspecified atom stereocenters. The number of rotatable bonds is 8. The van der Waals surface area contributed by atoms with E-state index in [-0.39, 0.29) is 29.8 Å². The number of nitrogens with one attached hydrogen (secondary N) is 2. The van der Waals surface area contributed by atoms with Gasteiger partial charge in [0.1, 0.15) is 11.6 Å². The maximum Gasteiger partial charge on any atom is 0.237 e. The first kappa shape index (κ1) is 32.7. The SMILES string of the molecule is C=PC(C)(CC)C(=O)N1CCCC1c1nc2ccc(C#Cc3ccc(-c4cnc(C5CCCN5C(=O)C(C)C(C)C)[nH]4)cc3)cc2[nH]1. The number of carbonyl (C=O) groups excluding carboxylic acids is 2. The smallest absolute Gasteiger partial charge is 0.237 e. The molecule has 2 saturated heterocycles. The number of aromatic nitrogens is 4. The quantitative estimate of drug-likeness (QED) is 0.153. The van der Waals surface area contributed by atoms with E-state index in [0.717, 1.165) is 98.5 Å². The Morgan fingerprint density at radius 3 is 2.32 bits per heavy atom. The molecule has 8 nitrogen and oxygen atoms in total. The average molecular weight is 649 g/mol. The summed E-state index contributed by atoms with van der Waals surface area (Å²) in [5.74, 6) is 8.97. The zero-order valence-electron chi connectivity index (χ0n) is 28.1. The van der Waals surface area contributed by atoms with Crippen molar-refractivity contribution < 1.29 is 9.59 Å². The van der Waals surface area contributed by atoms with Gasteiger partial charge >= 0.3 is 0 Å². The molecule has 4 aromatic rings. The number of nitrogens with zero attached hydrogens (tertiary/aromatic N) is 4. The summed E-state index contributed by atoms with van der Waals surface area (Å²) in [7, 11) is 0.849. The van der Waals surface area contributed by atoms with E-state index in [1.807, 2.05) is 60.2 Å². The molecule has 0 spiro atoms. The number of fused-ring (bicyclic) bond motifs is 1. The van der Waals surface area contributed by atoms with Gasteiger partial charge in [-0.25, -0.2) is 9.97 Å². The molecule has 2 aromatic heterocycles. The Bertz CT molecular complexity index is 1850. The van der Waals surface area contributed by atoms with Crippen LogP contribution in [0.1, 0.15) is 102 Å². The van der Waals surface area contributed by atoms with Crippen LogP contribution in [0.5, 0.6) is 0 Å². The Hall–Kier alpha value is -4.21. The average Bonchev–Trinajstić information content (AvgIpc) is 3.91. The first-order valence-electron chi connectivity index (χ1n) is 16.9. The third-order valence-corrected chi connectivity index (χ3v) is 11.4. The van der Waals surface area contributed by atoms with Crippen LogP contribution in [0.3, 0.4) is 0 Å². The maximum atomic E-state index is 13.4. The lowest BCUT2D eigenvalue weighted by atomic mass is 9.96. The number of carbonyl (C=O) groups is 2. The van der Waals surface area contributed by atoms with Crippen LogP contribution in [0.4, 0.5) is 0 Å². The molecule has 4 atom stereocenters. The summed E-state index contributed by atoms with van der Waals surface area (Å²) < 4.78 is 0. The van der Waals surface area contributed by atoms with E-state index >= 15 is 0 Å². The van der Waals surface area contributed by atoms with Crippen molar-refractivity contribution in [3.63, 3.8) is 0 Å². The number of aromatic amines is 2. The molecule has 6 rings (SSSR count). The second-order valence-corrected chi connectivity index (χ2v) is 14.8. The Balaban J connectivity index is 1.14. The number of hydrogen-bond acceptors (Lipinski definition) is 4. The van der Waals surface area contributed by atoms with Crippen LogP contribution in [0.2, 0.25) is 0 Å². The van der Waals surface area contributed by atoms with Gasteiger partial charge in [0.2, 0.25) is 11.8 Å². The highest BCUT2D eigenvalue weighted by Gasteiger charge is 2.40. The Kier molecular flexibility index (Phi) is 9.39. The number of benzene rings is 2. The minimum absolute atomic E-state index is 0.000598. The van der Waals surface area contributed by atoms with Crippen molar-refractivity contribution in [3.05, 3.63) is 71.4 Å². The number of amides is 2. The molecule has 9 heteroatoms. The molecule has 0 bridgehead atoms. The van der Waals surface area contributed by atoms with Crippen molar-refractivity contribution in [2.45, 2.75) is 84.0 Å². The van der Waals surface area contributed by atoms with E-state index in [2.05, 4.69) is 66.0 Å². The maximum absolute atomic E-state index is 13.4. The third kappa shape index (κ3) is 6.51. The Morgan fingerprint density at radius 2 is 1.64 bits per heavy atom. The van der Waals surface area contributed by atoms with Crippen molar-refractivity contribution in [2.75, 3.05) is 13.1 Å². The molecule has 0 aliphatic carbocycles. The van der Waals surface area contributed by atoms with Crippen LogP contribution < -0.4 is 0 Å². The highest BCUT2D eigenvalue weighted by atomic mass is 31.1. The molecule has 4 heterocycles. The van der Waals surface area contributed by atoms with Gasteiger partial charge in [-0.05, 0) is 80.8 Å². The van der Waals surface area contributed by atoms with Crippen LogP contribution >= 0.6 is 8.20 Å². The second kappa shape index (κ2) is 13.5. The normalized spacial score (nSPS) is 20.0. The molecule has 244 valence electrons. The van der Waals surface area contributed by atoms with Gasteiger partial charge in [-0.1, -0.05) is 66.2 Å². The van der Waals surface area contributed by atoms with E-state index in [1.165, 1.54) is 0 Å². The summed E-state index contributed by atoms with van der Waals surface area (Å²) in [4.78, 5) is 47.1. The van der Waals surface area contributed by atoms with Crippen LogP contribution in [0.15, 0.2) is 48.7 Å². The van der Waals surface area contributed by atoms with Crippen molar-refractivity contribution in [3.8, 4) is 23.1 Å². The van der Waals surface area contributed by atoms with Crippen LogP contribution in [-0.2, 0) is 9.59 Å². The predicted molar refractivity (Wildman–Crippen MR) is 190 cm³/mol. The fourth-order valence-corrected chi connectivity index (χ4v) is 7.08. The molecular weight excluding hydrogens is 603 g/mol. The van der Waals surface area contributed by atoms with Gasteiger partial charge in [-0.2, -0.15) is 0 Å². The van der Waals surface area contributed by atoms with Crippen LogP contribution in [0.25, 0.3) is 22.3 Å². The van der Waals surface area contributed by atoms with Crippen LogP contribution in [0, 0.1) is 23.7 Å². The number of likely N-dealkylation sites (tertiary alicyclic amines) is 2. The fraction of sp³-hybridized carbons (Fsp3) is 0.447. The summed E-state index contributed by atoms with van der Waals surface area (Å²) >= 11 is 0. The van der Waals surface area contributed by atoms with Gasteiger partial charge in [0.05, 0.1) is 40.2 Å². The number of H-pyrrole nitrogens is 2. The standard InChI is InChI=1S/C38H45N6O2P/c1-7-38(5,47-6)37(46)44-21-9-11-33(44)35-40-29-19-16-27(22-30(29)41-35)13-12-26-14-17-28(18-15-26)31-23-39-34(42-31)32-10-8-20-43(32)36(45)25(4)24(2)3/h14-19,22-25,32-33H,6-11,20-21H2,1-5H3,(H,39,42)(H,40,41). The van der Waals surface area contributed by atoms with Crippen molar-refractivity contribution in [2.24, 2.45) is 11.8 Å². The minimum Gasteiger partial charge on any atom is -0.340 e. The molecule has 2 aromatic carbocycles. The highest BCUT2D eigenvalue weighted by Crippen LogP contribution is 2.38. The minimum atomic E-state index is -0.471. The zero-order valence-corrected chi connectivity index (χ0v) is 29.0. The van der Waals surface area contributed by atoms with Gasteiger partial charge in [-0.15, -0.1) is 0 Å². The van der Waals surface area contributed by atoms with E-state index in [1.54, 1.807) is 0 Å². The summed E-state index contributed by atoms with van der Waals surface area (Å²) in [6, 6.07) is 14.1. The predicted octanol–water partition coefficient (Wildman–Crippen LogP) is 7.52. The first-order chi connectivity index (χ1) is 22.6. The monoisotopic (exact) mass is 648 g/mol. The topological polar surface area (TPSA) is 98.0 Å². The lowest BCUT2D eigenvalue weighted by Crippen LogP contribution is -2.43. The highest BCUT2D eigenvalue weighted by molar-refractivity contribution is 7.40. The summed E-state index contributed by atoms with van der Waals surface area (Å²) in [5, 5.41) is -0.471. The lowest BCUT2D eigenvalue weighted by Gasteiger charge is -2.31. The van der Waals surface area contributed by atoms with E-state index < -0.39 is 5.16 Å². The van der Waals surface area contributed by atoms with E-state index in [9.17, 15) is 9.59 Å². The van der Waals surface area contributed by atoms with E-state index in [4.69, 9.17) is 4.98 Å². The summed E-state index contributed by atoms with van der Waals surface area (Å²) in [6.45, 7) is 11.8. The summed E-state index contributed by atoms with van der Waals surface area (Å²) in [6.07, 6.45) is 10.4. The lowest BCUT2D eigenvalue weighted by molar-refractivity contribution is -0.137. The third-order valence-electron chi connectivity index (χ3n) is 10.2. The van der Waals surface area contributed by atoms with Gasteiger partial charge in [0, 0.05) is 30.1 Å². The van der Waals surface area contributed by atoms with Gasteiger partial charge < -0.3 is 19.8 Å². The Labute approximate surface area is 279 Å². The first-order valence-corrected chi connectivity index (χ1v) is 18.0. The van der Waals surface area contributed by atoms with Crippen molar-refractivity contribution in [1.82, 2.24) is 29.7 Å². The molecule has 2 aliphatic rings. The van der Waals surface area contributed by atoms with Crippen molar-refractivity contribution >= 4 is 37.4 Å². The zero-order chi connectivity index (χ0) is 33.3. The number of imidazole rings is 2. The molecule has 2 N–H and O–H groups in total. The molecular formula is C38H45N6O2P. The van der Waals surface area contributed by atoms with Gasteiger partial charge in [0.25, 0.3) is 0 Å². The second-order valence-electron chi connectivity index (χ2n) is 13.5. The molecule has 47 heavy (non-hydrogen) atoms. The van der Waals surface area contributed by atoms with Gasteiger partial charge in [-0.3, -0.25) is 9.59 Å². The molecule has 2 amide bonds. The molecule has 0 saturated carbocycles. The fourth-order valence-electron chi connectivity index (χ4n) is 6.59. The molecule has 0 radical (unpaired) electrons. The van der Waals surface area contributed by atoms with E-state index in [0.29, 0.717) is 5.92 Å².